The molecule has 0 N–H and O–H groups in total. The Labute approximate surface area is 87.0 Å². The maximum absolute atomic E-state index is 3.65. The Morgan fingerprint density at radius 2 is 1.79 bits per heavy atom. The molecule has 0 bridgehead atoms. The van der Waals surface area contributed by atoms with E-state index < -0.39 is 0 Å². The number of hydrogen-bond donors (Lipinski definition) is 0. The number of allylic oxidation sites excluding steroid dienone is 3. The largest absolute Gasteiger partial charge is 0.0991 e. The van der Waals surface area contributed by atoms with Crippen molar-refractivity contribution in [3.63, 3.8) is 0 Å². The molecular formula is C14H18. The van der Waals surface area contributed by atoms with Gasteiger partial charge < -0.3 is 0 Å². The molecule has 0 saturated carbocycles. The minimum atomic E-state index is 1.09. The van der Waals surface area contributed by atoms with Gasteiger partial charge in [0.1, 0.15) is 0 Å². The van der Waals surface area contributed by atoms with Gasteiger partial charge in [0.05, 0.1) is 0 Å². The van der Waals surface area contributed by atoms with Crippen molar-refractivity contribution >= 4 is 0 Å². The molecule has 0 amide bonds. The molecule has 0 atom stereocenters. The van der Waals surface area contributed by atoms with Crippen LogP contribution in [0.4, 0.5) is 0 Å². The van der Waals surface area contributed by atoms with Crippen LogP contribution in [0, 0.1) is 13.8 Å². The first kappa shape index (κ1) is 10.8. The molecule has 1 rings (SSSR count). The summed E-state index contributed by atoms with van der Waals surface area (Å²) in [5, 5.41) is 0. The van der Waals surface area contributed by atoms with Crippen LogP contribution in [0.3, 0.4) is 0 Å². The highest BCUT2D eigenvalue weighted by Gasteiger charge is 1.94. The molecule has 0 aliphatic rings. The molecule has 0 spiro atoms. The van der Waals surface area contributed by atoms with Gasteiger partial charge in [0.15, 0.2) is 0 Å². The molecule has 0 unspecified atom stereocenters. The zero-order chi connectivity index (χ0) is 10.4. The molecule has 0 saturated heterocycles. The molecule has 0 nitrogen and oxygen atoms in total. The molecular weight excluding hydrogens is 168 g/mol. The van der Waals surface area contributed by atoms with E-state index in [1.165, 1.54) is 16.7 Å². The lowest BCUT2D eigenvalue weighted by atomic mass is 10.0. The Balaban J connectivity index is 2.58. The van der Waals surface area contributed by atoms with E-state index in [4.69, 9.17) is 0 Å². The first-order chi connectivity index (χ1) is 6.72. The molecule has 74 valence electrons. The third-order valence-electron chi connectivity index (χ3n) is 2.15. The van der Waals surface area contributed by atoms with Crippen LogP contribution >= 0.6 is 0 Å². The Morgan fingerprint density at radius 1 is 1.14 bits per heavy atom. The van der Waals surface area contributed by atoms with Gasteiger partial charge in [-0.05, 0) is 32.3 Å². The van der Waals surface area contributed by atoms with Gasteiger partial charge in [0, 0.05) is 0 Å². The fourth-order valence-corrected chi connectivity index (χ4v) is 1.66. The molecule has 0 aliphatic carbocycles. The van der Waals surface area contributed by atoms with Crippen LogP contribution < -0.4 is 0 Å². The summed E-state index contributed by atoms with van der Waals surface area (Å²) in [5.41, 5.74) is 4.14. The minimum absolute atomic E-state index is 1.09. The second-order valence-corrected chi connectivity index (χ2v) is 3.70. The zero-order valence-corrected chi connectivity index (χ0v) is 9.09. The monoisotopic (exact) mass is 186 g/mol. The number of benzene rings is 1. The topological polar surface area (TPSA) is 0 Å². The normalized spacial score (nSPS) is 10.7. The summed E-state index contributed by atoms with van der Waals surface area (Å²) < 4.78 is 0. The van der Waals surface area contributed by atoms with Crippen LogP contribution in [0.2, 0.25) is 0 Å². The van der Waals surface area contributed by atoms with Crippen LogP contribution in [0.25, 0.3) is 0 Å². The third-order valence-corrected chi connectivity index (χ3v) is 2.15. The second kappa shape index (κ2) is 5.43. The summed E-state index contributed by atoms with van der Waals surface area (Å²) in [4.78, 5) is 0. The van der Waals surface area contributed by atoms with Gasteiger partial charge in [-0.3, -0.25) is 0 Å². The highest BCUT2D eigenvalue weighted by molar-refractivity contribution is 5.28. The average Bonchev–Trinajstić information content (AvgIpc) is 2.11. The Bertz CT molecular complexity index is 312. The Hall–Kier alpha value is -1.30. The number of rotatable bonds is 4. The van der Waals surface area contributed by atoms with Gasteiger partial charge in [-0.2, -0.15) is 0 Å². The van der Waals surface area contributed by atoms with E-state index in [0.717, 1.165) is 12.8 Å². The van der Waals surface area contributed by atoms with Crippen LogP contribution in [0.1, 0.15) is 23.1 Å². The fourth-order valence-electron chi connectivity index (χ4n) is 1.66. The van der Waals surface area contributed by atoms with E-state index in [9.17, 15) is 0 Å². The van der Waals surface area contributed by atoms with E-state index in [0.29, 0.717) is 0 Å². The highest BCUT2D eigenvalue weighted by Crippen LogP contribution is 2.10. The maximum atomic E-state index is 3.65. The van der Waals surface area contributed by atoms with Crippen LogP contribution in [0.5, 0.6) is 0 Å². The first-order valence-electron chi connectivity index (χ1n) is 5.07. The van der Waals surface area contributed by atoms with E-state index >= 15 is 0 Å². The smallest absolute Gasteiger partial charge is 0.0244 e. The molecule has 0 radical (unpaired) electrons. The van der Waals surface area contributed by atoms with Crippen molar-refractivity contribution < 1.29 is 0 Å². The average molecular weight is 186 g/mol. The molecule has 1 aromatic carbocycles. The van der Waals surface area contributed by atoms with Gasteiger partial charge in [0.2, 0.25) is 0 Å². The lowest BCUT2D eigenvalue weighted by Gasteiger charge is -2.02. The quantitative estimate of drug-likeness (QED) is 0.624. The Kier molecular flexibility index (Phi) is 4.18. The SMILES string of the molecule is C=CC=CCCc1cc(C)cc(C)c1. The summed E-state index contributed by atoms with van der Waals surface area (Å²) in [5.74, 6) is 0. The summed E-state index contributed by atoms with van der Waals surface area (Å²) in [6.45, 7) is 7.94. The summed E-state index contributed by atoms with van der Waals surface area (Å²) in [6, 6.07) is 6.73. The first-order valence-corrected chi connectivity index (χ1v) is 5.07. The van der Waals surface area contributed by atoms with E-state index in [1.807, 2.05) is 12.2 Å². The number of aryl methyl sites for hydroxylation is 3. The van der Waals surface area contributed by atoms with Gasteiger partial charge in [-0.1, -0.05) is 54.1 Å². The van der Waals surface area contributed by atoms with Crippen molar-refractivity contribution in [1.29, 1.82) is 0 Å². The molecule has 0 aromatic heterocycles. The standard InChI is InChI=1S/C14H18/c1-4-5-6-7-8-14-10-12(2)9-13(3)11-14/h4-6,9-11H,1,7-8H2,2-3H3. The van der Waals surface area contributed by atoms with Crippen molar-refractivity contribution in [3.8, 4) is 0 Å². The van der Waals surface area contributed by atoms with E-state index in [1.54, 1.807) is 0 Å². The predicted octanol–water partition coefficient (Wildman–Crippen LogP) is 3.98. The number of hydrogen-bond acceptors (Lipinski definition) is 0. The summed E-state index contributed by atoms with van der Waals surface area (Å²) >= 11 is 0. The van der Waals surface area contributed by atoms with Crippen molar-refractivity contribution in [1.82, 2.24) is 0 Å². The summed E-state index contributed by atoms with van der Waals surface area (Å²) in [7, 11) is 0. The van der Waals surface area contributed by atoms with Crippen LogP contribution in [0.15, 0.2) is 43.0 Å². The van der Waals surface area contributed by atoms with Gasteiger partial charge >= 0.3 is 0 Å². The highest BCUT2D eigenvalue weighted by atomic mass is 14.0. The summed E-state index contributed by atoms with van der Waals surface area (Å²) in [6.07, 6.45) is 8.19. The van der Waals surface area contributed by atoms with Gasteiger partial charge in [-0.15, -0.1) is 0 Å². The van der Waals surface area contributed by atoms with Crippen molar-refractivity contribution in [2.75, 3.05) is 0 Å². The van der Waals surface area contributed by atoms with E-state index in [-0.39, 0.29) is 0 Å². The van der Waals surface area contributed by atoms with Gasteiger partial charge in [-0.25, -0.2) is 0 Å². The minimum Gasteiger partial charge on any atom is -0.0991 e. The zero-order valence-electron chi connectivity index (χ0n) is 9.09. The van der Waals surface area contributed by atoms with Crippen molar-refractivity contribution in [3.05, 3.63) is 59.7 Å². The lowest BCUT2D eigenvalue weighted by molar-refractivity contribution is 0.995. The molecule has 14 heavy (non-hydrogen) atoms. The molecule has 0 aliphatic heterocycles. The molecule has 0 fully saturated rings. The maximum Gasteiger partial charge on any atom is -0.0244 e. The molecule has 1 aromatic rings. The second-order valence-electron chi connectivity index (χ2n) is 3.70. The van der Waals surface area contributed by atoms with Crippen molar-refractivity contribution in [2.45, 2.75) is 26.7 Å². The van der Waals surface area contributed by atoms with E-state index in [2.05, 4.69) is 44.7 Å². The van der Waals surface area contributed by atoms with Crippen molar-refractivity contribution in [2.24, 2.45) is 0 Å². The Morgan fingerprint density at radius 3 is 2.36 bits per heavy atom. The van der Waals surface area contributed by atoms with Crippen LogP contribution in [-0.4, -0.2) is 0 Å². The lowest BCUT2D eigenvalue weighted by Crippen LogP contribution is -1.86. The third kappa shape index (κ3) is 3.61. The van der Waals surface area contributed by atoms with Crippen LogP contribution in [-0.2, 0) is 6.42 Å². The molecule has 0 heterocycles. The predicted molar refractivity (Wildman–Crippen MR) is 63.6 cm³/mol. The molecule has 0 heteroatoms. The fraction of sp³-hybridized carbons (Fsp3) is 0.286. The van der Waals surface area contributed by atoms with Gasteiger partial charge in [0.25, 0.3) is 0 Å².